The summed E-state index contributed by atoms with van der Waals surface area (Å²) in [4.78, 5) is 116. The predicted octanol–water partition coefficient (Wildman–Crippen LogP) is 11.1. The SMILES string of the molecule is CC1=C(C)C(=O)C(C(C)(C)CC(=O)N(C)CCN(CCCC(=O)CCCCCC(CC(=O)CC[C@@H](C)[C@H]2CC[C@H]3[C@@H]4[C@@H](O)C[C@@H]5C[C@H](O)CC[C@]5(C)[C@H]4CC[C@]23C)C(=O)O)C(=O)Oc2ccc3nc(C4=NC(OC=O)CS4)sc3c2)=C(C)C1=O. The number of thiazole rings is 1. The zero-order chi connectivity index (χ0) is 61.0. The van der Waals surface area contributed by atoms with Crippen molar-refractivity contribution in [2.75, 3.05) is 32.4 Å². The molecule has 4 fully saturated rings. The number of fused-ring (bicyclic) bond motifs is 6. The summed E-state index contributed by atoms with van der Waals surface area (Å²) in [5.41, 5.74) is 1.38. The third-order valence-electron chi connectivity index (χ3n) is 20.9. The molecule has 460 valence electrons. The van der Waals surface area contributed by atoms with Gasteiger partial charge in [0.2, 0.25) is 12.1 Å². The maximum atomic E-state index is 14.0. The largest absolute Gasteiger partial charge is 0.481 e. The number of aliphatic hydroxyl groups excluding tert-OH is 2. The van der Waals surface area contributed by atoms with E-state index in [4.69, 9.17) is 9.47 Å². The summed E-state index contributed by atoms with van der Waals surface area (Å²) in [6.07, 6.45) is 9.86. The molecule has 0 radical (unpaired) electrons. The number of ether oxygens (including phenoxy) is 2. The number of carboxylic acids is 1. The van der Waals surface area contributed by atoms with E-state index in [0.29, 0.717) is 118 Å². The van der Waals surface area contributed by atoms with Gasteiger partial charge in [-0.2, -0.15) is 0 Å². The van der Waals surface area contributed by atoms with Crippen molar-refractivity contribution in [3.8, 4) is 5.75 Å². The lowest BCUT2D eigenvalue weighted by Gasteiger charge is -2.62. The average Bonchev–Trinajstić information content (AvgIpc) is 1.89. The molecule has 2 aromatic rings. The summed E-state index contributed by atoms with van der Waals surface area (Å²) in [6.45, 7) is 16.2. The van der Waals surface area contributed by atoms with E-state index in [0.717, 1.165) is 62.5 Å². The van der Waals surface area contributed by atoms with Crippen LogP contribution in [0.2, 0.25) is 0 Å². The van der Waals surface area contributed by atoms with E-state index >= 15 is 0 Å². The van der Waals surface area contributed by atoms with Crippen LogP contribution in [0.25, 0.3) is 10.2 Å². The fourth-order valence-corrected chi connectivity index (χ4v) is 18.0. The molecule has 2 heterocycles. The topological polar surface area (TPSA) is 247 Å². The van der Waals surface area contributed by atoms with Crippen LogP contribution in [0, 0.1) is 57.7 Å². The minimum absolute atomic E-state index is 0.00338. The van der Waals surface area contributed by atoms with E-state index in [1.165, 1.54) is 32.9 Å². The van der Waals surface area contributed by atoms with Gasteiger partial charge < -0.3 is 34.6 Å². The summed E-state index contributed by atoms with van der Waals surface area (Å²) in [5.74, 6) is 0.505. The van der Waals surface area contributed by atoms with Gasteiger partial charge in [-0.3, -0.25) is 33.6 Å². The molecule has 0 spiro atoms. The monoisotopic (exact) mass is 1200 g/mol. The van der Waals surface area contributed by atoms with E-state index in [-0.39, 0.29) is 109 Å². The lowest BCUT2D eigenvalue weighted by Crippen LogP contribution is -2.58. The van der Waals surface area contributed by atoms with Gasteiger partial charge in [-0.15, -0.1) is 11.3 Å². The number of hydrogen-bond acceptors (Lipinski definition) is 16. The van der Waals surface area contributed by atoms with Gasteiger partial charge in [-0.25, -0.2) is 14.8 Å². The molecule has 5 aliphatic carbocycles. The van der Waals surface area contributed by atoms with Crippen molar-refractivity contribution in [2.45, 2.75) is 196 Å². The number of ketones is 4. The third-order valence-corrected chi connectivity index (χ3v) is 23.1. The quantitative estimate of drug-likeness (QED) is 0.0427. The molecule has 3 N–H and O–H groups in total. The average molecular weight is 1200 g/mol. The minimum Gasteiger partial charge on any atom is -0.481 e. The molecule has 12 atom stereocenters. The lowest BCUT2D eigenvalue weighted by atomic mass is 9.43. The van der Waals surface area contributed by atoms with Gasteiger partial charge in [0.25, 0.3) is 6.47 Å². The molecule has 2 amide bonds. The molecule has 0 saturated heterocycles. The highest BCUT2D eigenvalue weighted by molar-refractivity contribution is 8.15. The number of amides is 2. The number of Topliss-reactive ketones (excluding diaryl/α,β-unsaturated/α-hetero) is 4. The fraction of sp³-hybridized carbons (Fsp3) is 0.692. The molecular formula is C65H90N4O13S2. The van der Waals surface area contributed by atoms with Crippen LogP contribution in [-0.4, -0.2) is 134 Å². The molecule has 1 aliphatic heterocycles. The van der Waals surface area contributed by atoms with Crippen LogP contribution < -0.4 is 4.74 Å². The summed E-state index contributed by atoms with van der Waals surface area (Å²) < 4.78 is 11.6. The Morgan fingerprint density at radius 2 is 1.56 bits per heavy atom. The second-order valence-electron chi connectivity index (χ2n) is 26.7. The molecule has 6 aliphatic rings. The van der Waals surface area contributed by atoms with Crippen LogP contribution >= 0.6 is 23.1 Å². The number of hydrogen-bond donors (Lipinski definition) is 3. The van der Waals surface area contributed by atoms with Gasteiger partial charge in [-0.05, 0) is 156 Å². The van der Waals surface area contributed by atoms with Gasteiger partial charge in [0, 0.05) is 92.6 Å². The number of carboxylic acid groups (broad SMARTS) is 1. The Bertz CT molecular complexity index is 2950. The van der Waals surface area contributed by atoms with Crippen LogP contribution in [0.4, 0.5) is 4.79 Å². The number of aliphatic hydroxyl groups is 2. The second kappa shape index (κ2) is 27.3. The van der Waals surface area contributed by atoms with Crippen LogP contribution in [0.1, 0.15) is 182 Å². The highest BCUT2D eigenvalue weighted by atomic mass is 32.2. The van der Waals surface area contributed by atoms with Crippen molar-refractivity contribution >= 4 is 85.9 Å². The van der Waals surface area contributed by atoms with E-state index in [1.54, 1.807) is 59.9 Å². The Hall–Kier alpha value is -5.11. The number of aliphatic carboxylic acids is 1. The zero-order valence-corrected chi connectivity index (χ0v) is 52.5. The van der Waals surface area contributed by atoms with Gasteiger partial charge >= 0.3 is 12.1 Å². The minimum atomic E-state index is -0.981. The Balaban J connectivity index is 0.796. The van der Waals surface area contributed by atoms with E-state index in [9.17, 15) is 53.7 Å². The smallest absolute Gasteiger partial charge is 0.415 e. The first-order valence-electron chi connectivity index (χ1n) is 30.8. The number of aromatic nitrogens is 1. The summed E-state index contributed by atoms with van der Waals surface area (Å²) in [5, 5.41) is 33.6. The number of nitrogens with zero attached hydrogens (tertiary/aromatic N) is 4. The van der Waals surface area contributed by atoms with Gasteiger partial charge in [0.1, 0.15) is 27.4 Å². The highest BCUT2D eigenvalue weighted by Gasteiger charge is 2.63. The molecule has 17 nitrogen and oxygen atoms in total. The third kappa shape index (κ3) is 14.3. The molecular weight excluding hydrogens is 1110 g/mol. The number of allylic oxidation sites excluding steroid dienone is 4. The zero-order valence-electron chi connectivity index (χ0n) is 50.9. The molecule has 19 heteroatoms. The lowest BCUT2D eigenvalue weighted by molar-refractivity contribution is -0.174. The first kappa shape index (κ1) is 64.9. The summed E-state index contributed by atoms with van der Waals surface area (Å²) >= 11 is 2.78. The van der Waals surface area contributed by atoms with Crippen LogP contribution in [0.5, 0.6) is 5.75 Å². The van der Waals surface area contributed by atoms with Gasteiger partial charge in [0.15, 0.2) is 11.6 Å². The summed E-state index contributed by atoms with van der Waals surface area (Å²) in [7, 11) is 1.61. The van der Waals surface area contributed by atoms with Gasteiger partial charge in [-0.1, -0.05) is 59.2 Å². The Kier molecular flexibility index (Phi) is 21.1. The number of carbonyl (C=O) groups is 8. The maximum Gasteiger partial charge on any atom is 0.415 e. The van der Waals surface area contributed by atoms with E-state index in [2.05, 4.69) is 30.7 Å². The molecule has 0 bridgehead atoms. The fourth-order valence-electron chi connectivity index (χ4n) is 16.0. The van der Waals surface area contributed by atoms with Crippen molar-refractivity contribution < 1.29 is 63.1 Å². The Morgan fingerprint density at radius 3 is 2.30 bits per heavy atom. The van der Waals surface area contributed by atoms with Crippen LogP contribution in [0.15, 0.2) is 45.5 Å². The van der Waals surface area contributed by atoms with Crippen molar-refractivity contribution in [1.29, 1.82) is 0 Å². The number of thioether (sulfide) groups is 1. The van der Waals surface area contributed by atoms with Gasteiger partial charge in [0.05, 0.1) is 34.1 Å². The molecule has 4 saturated carbocycles. The molecule has 1 aromatic heterocycles. The Labute approximate surface area is 503 Å². The van der Waals surface area contributed by atoms with Crippen molar-refractivity contribution in [2.24, 2.45) is 62.7 Å². The summed E-state index contributed by atoms with van der Waals surface area (Å²) in [6, 6.07) is 5.07. The van der Waals surface area contributed by atoms with Crippen molar-refractivity contribution in [1.82, 2.24) is 14.8 Å². The standard InChI is InChI=1S/C65H90N4O13S2/c1-37(47-20-21-48-55-49(24-26-65(47,48)8)64(7)25-23-45(73)31-42(64)32-51(55)74)17-18-44(72)30-41(61(78)79)14-11-10-12-15-43(71)16-13-27-69(29-28-68(9)54(75)34-63(5,6)56-40(4)57(76)38(2)39(3)58(56)77)62(80)82-46-19-22-50-52(33-46)84-60(66-50)59-67-53(35-83-59)81-36-70/h19,22,33,36-37,41-42,45,47-49,51,53,55,73-74H,10-18,20-21,23-32,34-35H2,1-9H3,(H,78,79)/t37-,41?,42+,45-,47-,48+,49+,51+,53?,55+,64+,65-/m1/s1. The van der Waals surface area contributed by atoms with Crippen molar-refractivity contribution in [3.05, 3.63) is 45.5 Å². The molecule has 84 heavy (non-hydrogen) atoms. The molecule has 1 aromatic carbocycles. The van der Waals surface area contributed by atoms with E-state index < -0.39 is 29.6 Å². The predicted molar refractivity (Wildman–Crippen MR) is 323 cm³/mol. The molecule has 2 unspecified atom stereocenters. The normalized spacial score (nSPS) is 28.5. The number of likely N-dealkylation sites (N-methyl/N-ethyl adjacent to an activating group) is 1. The number of aliphatic imine (C=N–C) groups is 1. The first-order chi connectivity index (χ1) is 39.8. The van der Waals surface area contributed by atoms with Crippen molar-refractivity contribution in [3.63, 3.8) is 0 Å². The highest BCUT2D eigenvalue weighted by Crippen LogP contribution is 2.68. The van der Waals surface area contributed by atoms with Crippen LogP contribution in [-0.2, 0) is 38.3 Å². The van der Waals surface area contributed by atoms with Crippen LogP contribution in [0.3, 0.4) is 0 Å². The molecule has 8 rings (SSSR count). The first-order valence-corrected chi connectivity index (χ1v) is 32.6. The number of rotatable bonds is 27. The second-order valence-corrected chi connectivity index (χ2v) is 28.7. The number of benzene rings is 1. The number of carbonyl (C=O) groups excluding carboxylic acids is 7. The number of unbranched alkanes of at least 4 members (excludes halogenated alkanes) is 2. The maximum absolute atomic E-state index is 14.0. The van der Waals surface area contributed by atoms with E-state index in [1.807, 2.05) is 0 Å². The Morgan fingerprint density at radius 1 is 0.845 bits per heavy atom.